The van der Waals surface area contributed by atoms with Crippen molar-refractivity contribution in [1.82, 2.24) is 19.9 Å². The molecule has 0 atom stereocenters. The largest absolute Gasteiger partial charge is 0.255 e. The van der Waals surface area contributed by atoms with E-state index in [1.54, 1.807) is 0 Å². The fraction of sp³-hybridized carbons (Fsp3) is 0.310. The lowest BCUT2D eigenvalue weighted by atomic mass is 10.0. The highest BCUT2D eigenvalue weighted by atomic mass is 14.8. The molecular weight excluding hydrogens is 404 g/mol. The Morgan fingerprint density at radius 3 is 1.24 bits per heavy atom. The molecule has 0 aliphatic carbocycles. The Balaban J connectivity index is 1.18. The van der Waals surface area contributed by atoms with E-state index in [-0.39, 0.29) is 0 Å². The van der Waals surface area contributed by atoms with Crippen molar-refractivity contribution >= 4 is 0 Å². The van der Waals surface area contributed by atoms with Crippen molar-refractivity contribution in [3.05, 3.63) is 95.6 Å². The molecule has 0 bridgehead atoms. The normalized spacial score (nSPS) is 11.0. The predicted octanol–water partition coefficient (Wildman–Crippen LogP) is 6.95. The average Bonchev–Trinajstić information content (AvgIpc) is 2.84. The van der Waals surface area contributed by atoms with Gasteiger partial charge in [-0.2, -0.15) is 0 Å². The van der Waals surface area contributed by atoms with E-state index in [9.17, 15) is 0 Å². The zero-order valence-electron chi connectivity index (χ0n) is 19.7. The first kappa shape index (κ1) is 22.8. The van der Waals surface area contributed by atoms with Gasteiger partial charge in [-0.25, -0.2) is 0 Å². The SMILES string of the molecule is Cc1ccnc(-c2cc(CCCCCCCc3ccnc(-c4cc(C)ccn4)c3)ccn2)c1. The highest BCUT2D eigenvalue weighted by molar-refractivity contribution is 5.56. The molecule has 4 heteroatoms. The van der Waals surface area contributed by atoms with Gasteiger partial charge in [0.2, 0.25) is 0 Å². The molecule has 0 unspecified atom stereocenters. The molecule has 0 aromatic carbocycles. The van der Waals surface area contributed by atoms with Gasteiger partial charge in [-0.1, -0.05) is 19.3 Å². The molecular formula is C29H32N4. The number of aryl methyl sites for hydroxylation is 4. The standard InChI is InChI=1S/C29H32N4/c1-22-10-14-30-26(18-22)28-20-24(12-16-32-28)8-6-4-3-5-7-9-25-13-17-33-29(21-25)27-19-23(2)11-15-31-27/h10-21H,3-9H2,1-2H3. The van der Waals surface area contributed by atoms with Crippen LogP contribution in [0.3, 0.4) is 0 Å². The third-order valence-electron chi connectivity index (χ3n) is 5.94. The zero-order chi connectivity index (χ0) is 22.9. The lowest BCUT2D eigenvalue weighted by molar-refractivity contribution is 0.613. The van der Waals surface area contributed by atoms with Crippen LogP contribution < -0.4 is 0 Å². The number of hydrogen-bond donors (Lipinski definition) is 0. The molecule has 4 nitrogen and oxygen atoms in total. The van der Waals surface area contributed by atoms with E-state index in [1.165, 1.54) is 54.4 Å². The lowest BCUT2D eigenvalue weighted by Crippen LogP contribution is -1.93. The third kappa shape index (κ3) is 6.79. The van der Waals surface area contributed by atoms with Crippen LogP contribution in [0.4, 0.5) is 0 Å². The van der Waals surface area contributed by atoms with E-state index in [2.05, 4.69) is 70.2 Å². The van der Waals surface area contributed by atoms with Crippen molar-refractivity contribution in [3.8, 4) is 22.8 Å². The van der Waals surface area contributed by atoms with Crippen LogP contribution in [0.1, 0.15) is 54.4 Å². The Bertz CT molecular complexity index is 1090. The summed E-state index contributed by atoms with van der Waals surface area (Å²) in [5, 5.41) is 0. The minimum absolute atomic E-state index is 0.953. The first-order valence-corrected chi connectivity index (χ1v) is 11.9. The molecule has 0 radical (unpaired) electrons. The second-order valence-corrected chi connectivity index (χ2v) is 8.80. The maximum Gasteiger partial charge on any atom is 0.0888 e. The van der Waals surface area contributed by atoms with E-state index in [4.69, 9.17) is 0 Å². The third-order valence-corrected chi connectivity index (χ3v) is 5.94. The van der Waals surface area contributed by atoms with Crippen LogP contribution in [0.2, 0.25) is 0 Å². The van der Waals surface area contributed by atoms with Gasteiger partial charge in [0, 0.05) is 24.8 Å². The number of pyridine rings is 4. The van der Waals surface area contributed by atoms with Gasteiger partial charge in [-0.05, 0) is 110 Å². The van der Waals surface area contributed by atoms with Crippen LogP contribution in [-0.4, -0.2) is 19.9 Å². The molecule has 0 spiro atoms. The van der Waals surface area contributed by atoms with Gasteiger partial charge in [0.05, 0.1) is 22.8 Å². The molecule has 0 amide bonds. The molecule has 0 N–H and O–H groups in total. The summed E-state index contributed by atoms with van der Waals surface area (Å²) in [7, 11) is 0. The minimum Gasteiger partial charge on any atom is -0.255 e. The van der Waals surface area contributed by atoms with E-state index in [1.807, 2.05) is 36.9 Å². The van der Waals surface area contributed by atoms with Crippen LogP contribution in [0.25, 0.3) is 22.8 Å². The fourth-order valence-corrected chi connectivity index (χ4v) is 4.08. The second kappa shape index (κ2) is 11.5. The Hall–Kier alpha value is -3.40. The quantitative estimate of drug-likeness (QED) is 0.252. The van der Waals surface area contributed by atoms with Gasteiger partial charge in [0.15, 0.2) is 0 Å². The average molecular weight is 437 g/mol. The number of aromatic nitrogens is 4. The van der Waals surface area contributed by atoms with Crippen molar-refractivity contribution in [3.63, 3.8) is 0 Å². The molecule has 0 saturated heterocycles. The highest BCUT2D eigenvalue weighted by Gasteiger charge is 2.04. The highest BCUT2D eigenvalue weighted by Crippen LogP contribution is 2.20. The first-order valence-electron chi connectivity index (χ1n) is 11.9. The van der Waals surface area contributed by atoms with E-state index in [0.29, 0.717) is 0 Å². The van der Waals surface area contributed by atoms with E-state index in [0.717, 1.165) is 35.6 Å². The summed E-state index contributed by atoms with van der Waals surface area (Å²) in [6.45, 7) is 4.17. The van der Waals surface area contributed by atoms with Crippen LogP contribution >= 0.6 is 0 Å². The summed E-state index contributed by atoms with van der Waals surface area (Å²) in [4.78, 5) is 17.9. The van der Waals surface area contributed by atoms with Crippen molar-refractivity contribution in [2.45, 2.75) is 58.8 Å². The van der Waals surface area contributed by atoms with Crippen molar-refractivity contribution in [1.29, 1.82) is 0 Å². The number of hydrogen-bond acceptors (Lipinski definition) is 4. The van der Waals surface area contributed by atoms with Gasteiger partial charge in [0.1, 0.15) is 0 Å². The Morgan fingerprint density at radius 1 is 0.455 bits per heavy atom. The fourth-order valence-electron chi connectivity index (χ4n) is 4.08. The van der Waals surface area contributed by atoms with Crippen LogP contribution in [0.5, 0.6) is 0 Å². The molecule has 0 fully saturated rings. The van der Waals surface area contributed by atoms with Gasteiger partial charge >= 0.3 is 0 Å². The van der Waals surface area contributed by atoms with Crippen molar-refractivity contribution < 1.29 is 0 Å². The minimum atomic E-state index is 0.953. The zero-order valence-corrected chi connectivity index (χ0v) is 19.7. The molecule has 4 aromatic heterocycles. The Kier molecular flexibility index (Phi) is 7.91. The summed E-state index contributed by atoms with van der Waals surface area (Å²) in [6, 6.07) is 16.8. The van der Waals surface area contributed by atoms with Crippen LogP contribution in [0, 0.1) is 13.8 Å². The van der Waals surface area contributed by atoms with E-state index >= 15 is 0 Å². The van der Waals surface area contributed by atoms with Crippen LogP contribution in [0.15, 0.2) is 73.3 Å². The lowest BCUT2D eigenvalue weighted by Gasteiger charge is -2.06. The summed E-state index contributed by atoms with van der Waals surface area (Å²) in [5.41, 5.74) is 8.95. The summed E-state index contributed by atoms with van der Waals surface area (Å²) in [5.74, 6) is 0. The van der Waals surface area contributed by atoms with E-state index < -0.39 is 0 Å². The Morgan fingerprint density at radius 2 is 0.818 bits per heavy atom. The molecule has 0 aliphatic rings. The van der Waals surface area contributed by atoms with Gasteiger partial charge < -0.3 is 0 Å². The summed E-state index contributed by atoms with van der Waals surface area (Å²) < 4.78 is 0. The molecule has 4 aromatic rings. The molecule has 4 rings (SSSR count). The van der Waals surface area contributed by atoms with Crippen LogP contribution in [-0.2, 0) is 12.8 Å². The molecule has 0 aliphatic heterocycles. The van der Waals surface area contributed by atoms with Crippen molar-refractivity contribution in [2.75, 3.05) is 0 Å². The second-order valence-electron chi connectivity index (χ2n) is 8.80. The molecule has 4 heterocycles. The Labute approximate surface area is 197 Å². The smallest absolute Gasteiger partial charge is 0.0888 e. The molecule has 168 valence electrons. The topological polar surface area (TPSA) is 51.6 Å². The first-order chi connectivity index (χ1) is 16.2. The van der Waals surface area contributed by atoms with Gasteiger partial charge in [0.25, 0.3) is 0 Å². The van der Waals surface area contributed by atoms with Crippen molar-refractivity contribution in [2.24, 2.45) is 0 Å². The summed E-state index contributed by atoms with van der Waals surface area (Å²) in [6.07, 6.45) is 15.9. The summed E-state index contributed by atoms with van der Waals surface area (Å²) >= 11 is 0. The van der Waals surface area contributed by atoms with Gasteiger partial charge in [-0.3, -0.25) is 19.9 Å². The monoisotopic (exact) mass is 436 g/mol. The molecule has 0 saturated carbocycles. The predicted molar refractivity (Wildman–Crippen MR) is 135 cm³/mol. The molecule has 33 heavy (non-hydrogen) atoms. The number of nitrogens with zero attached hydrogens (tertiary/aromatic N) is 4. The maximum atomic E-state index is 4.51. The maximum absolute atomic E-state index is 4.51. The number of rotatable bonds is 10. The number of unbranched alkanes of at least 4 members (excludes halogenated alkanes) is 4. The van der Waals surface area contributed by atoms with Gasteiger partial charge in [-0.15, -0.1) is 0 Å².